The van der Waals surface area contributed by atoms with Crippen LogP contribution in [0.3, 0.4) is 0 Å². The van der Waals surface area contributed by atoms with Crippen LogP contribution in [-0.4, -0.2) is 25.0 Å². The minimum atomic E-state index is -0.222. The largest absolute Gasteiger partial charge is 0.378 e. The Morgan fingerprint density at radius 2 is 2.08 bits per heavy atom. The molecular weight excluding hydrogens is 302 g/mol. The van der Waals surface area contributed by atoms with E-state index in [2.05, 4.69) is 43.2 Å². The van der Waals surface area contributed by atoms with E-state index in [4.69, 9.17) is 4.74 Å². The van der Waals surface area contributed by atoms with Crippen LogP contribution in [0.15, 0.2) is 32.9 Å². The number of azo groups is 1. The van der Waals surface area contributed by atoms with Gasteiger partial charge in [0, 0.05) is 35.3 Å². The van der Waals surface area contributed by atoms with Gasteiger partial charge < -0.3 is 10.1 Å². The molecule has 24 heavy (non-hydrogen) atoms. The second kappa shape index (κ2) is 5.25. The Balaban J connectivity index is 1.83. The van der Waals surface area contributed by atoms with E-state index in [-0.39, 0.29) is 16.9 Å². The summed E-state index contributed by atoms with van der Waals surface area (Å²) in [5, 5.41) is 12.1. The van der Waals surface area contributed by atoms with Gasteiger partial charge in [0.1, 0.15) is 0 Å². The number of rotatable bonds is 1. The van der Waals surface area contributed by atoms with E-state index in [9.17, 15) is 4.79 Å². The Labute approximate surface area is 143 Å². The number of dihydropyridines is 1. The van der Waals surface area contributed by atoms with Gasteiger partial charge in [-0.15, -0.1) is 5.11 Å². The average molecular weight is 329 g/mol. The first kappa shape index (κ1) is 16.0. The number of ketones is 1. The van der Waals surface area contributed by atoms with Gasteiger partial charge >= 0.3 is 0 Å². The molecule has 0 unspecified atom stereocenters. The zero-order valence-electron chi connectivity index (χ0n) is 15.1. The van der Waals surface area contributed by atoms with Crippen LogP contribution in [0.25, 0.3) is 0 Å². The molecule has 0 bridgehead atoms. The van der Waals surface area contributed by atoms with Gasteiger partial charge in [-0.25, -0.2) is 0 Å². The third-order valence-electron chi connectivity index (χ3n) is 6.04. The number of nitrogens with one attached hydrogen (secondary N) is 1. The molecule has 3 aliphatic heterocycles. The molecule has 0 radical (unpaired) electrons. The van der Waals surface area contributed by atoms with Crippen molar-refractivity contribution in [2.45, 2.75) is 59.5 Å². The molecule has 0 aromatic rings. The van der Waals surface area contributed by atoms with Crippen molar-refractivity contribution in [3.63, 3.8) is 0 Å². The van der Waals surface area contributed by atoms with Crippen LogP contribution in [0, 0.1) is 16.7 Å². The van der Waals surface area contributed by atoms with E-state index in [0.29, 0.717) is 31.3 Å². The molecule has 1 N–H and O–H groups in total. The maximum Gasteiger partial charge on any atom is 0.162 e. The maximum absolute atomic E-state index is 13.2. The number of fused-ring (bicyclic) bond motifs is 2. The van der Waals surface area contributed by atoms with Crippen LogP contribution in [0.5, 0.6) is 0 Å². The molecule has 0 aromatic heterocycles. The van der Waals surface area contributed by atoms with Crippen LogP contribution in [0.4, 0.5) is 0 Å². The molecule has 1 fully saturated rings. The summed E-state index contributed by atoms with van der Waals surface area (Å²) >= 11 is 0. The summed E-state index contributed by atoms with van der Waals surface area (Å²) in [6.07, 6.45) is 3.45. The predicted molar refractivity (Wildman–Crippen MR) is 91.2 cm³/mol. The lowest BCUT2D eigenvalue weighted by atomic mass is 9.59. The van der Waals surface area contributed by atoms with Crippen LogP contribution >= 0.6 is 0 Å². The molecule has 0 amide bonds. The summed E-state index contributed by atoms with van der Waals surface area (Å²) < 4.78 is 6.03. The van der Waals surface area contributed by atoms with Crippen molar-refractivity contribution >= 4 is 5.78 Å². The van der Waals surface area contributed by atoms with Gasteiger partial charge in [-0.05, 0) is 30.6 Å². The monoisotopic (exact) mass is 329 g/mol. The van der Waals surface area contributed by atoms with Gasteiger partial charge in [-0.1, -0.05) is 27.7 Å². The Morgan fingerprint density at radius 3 is 2.83 bits per heavy atom. The van der Waals surface area contributed by atoms with E-state index in [1.54, 1.807) is 0 Å². The van der Waals surface area contributed by atoms with Crippen molar-refractivity contribution < 1.29 is 9.53 Å². The smallest absolute Gasteiger partial charge is 0.162 e. The van der Waals surface area contributed by atoms with Gasteiger partial charge in [0.25, 0.3) is 0 Å². The molecule has 0 saturated carbocycles. The Hall–Kier alpha value is -1.49. The van der Waals surface area contributed by atoms with Crippen molar-refractivity contribution in [2.75, 3.05) is 13.2 Å². The summed E-state index contributed by atoms with van der Waals surface area (Å²) in [6.45, 7) is 10.1. The Kier molecular flexibility index (Phi) is 3.50. The quantitative estimate of drug-likeness (QED) is 0.797. The molecule has 1 aliphatic carbocycles. The van der Waals surface area contributed by atoms with Crippen molar-refractivity contribution in [3.8, 4) is 0 Å². The third-order valence-corrected chi connectivity index (χ3v) is 6.04. The van der Waals surface area contributed by atoms with Crippen molar-refractivity contribution in [1.82, 2.24) is 5.32 Å². The van der Waals surface area contributed by atoms with Crippen molar-refractivity contribution in [3.05, 3.63) is 22.7 Å². The van der Waals surface area contributed by atoms with E-state index < -0.39 is 0 Å². The minimum absolute atomic E-state index is 0.000529. The molecule has 0 aromatic carbocycles. The number of carbonyl (C=O) groups is 1. The van der Waals surface area contributed by atoms with Gasteiger partial charge in [0.15, 0.2) is 11.6 Å². The first-order valence-corrected chi connectivity index (χ1v) is 9.09. The second-order valence-electron chi connectivity index (χ2n) is 8.84. The van der Waals surface area contributed by atoms with E-state index in [1.807, 2.05) is 0 Å². The van der Waals surface area contributed by atoms with Gasteiger partial charge in [-0.3, -0.25) is 4.79 Å². The Bertz CT molecular complexity index is 687. The zero-order valence-corrected chi connectivity index (χ0v) is 15.1. The lowest BCUT2D eigenvalue weighted by molar-refractivity contribution is -0.121. The number of allylic oxidation sites excluding steroid dienone is 2. The number of hydrogen-bond acceptors (Lipinski definition) is 5. The molecule has 5 nitrogen and oxygen atoms in total. The highest BCUT2D eigenvalue weighted by Gasteiger charge is 2.53. The first-order chi connectivity index (χ1) is 11.3. The highest BCUT2D eigenvalue weighted by atomic mass is 16.5. The summed E-state index contributed by atoms with van der Waals surface area (Å²) in [4.78, 5) is 13.2. The van der Waals surface area contributed by atoms with Crippen LogP contribution < -0.4 is 5.32 Å². The number of carbonyl (C=O) groups excluding carboxylic acids is 1. The summed E-state index contributed by atoms with van der Waals surface area (Å²) in [7, 11) is 0. The summed E-state index contributed by atoms with van der Waals surface area (Å²) in [5.74, 6) is 1.64. The van der Waals surface area contributed by atoms with Crippen molar-refractivity contribution in [1.29, 1.82) is 0 Å². The van der Waals surface area contributed by atoms with E-state index in [1.165, 1.54) is 5.57 Å². The molecule has 1 spiro atoms. The summed E-state index contributed by atoms with van der Waals surface area (Å²) in [5.41, 5.74) is 3.09. The molecule has 2 atom stereocenters. The fraction of sp³-hybridized carbons (Fsp3) is 0.737. The second-order valence-corrected chi connectivity index (χ2v) is 8.84. The van der Waals surface area contributed by atoms with Crippen molar-refractivity contribution in [2.24, 2.45) is 27.0 Å². The molecule has 4 rings (SSSR count). The standard InChI is InChI=1S/C19H27N3O2/c1-11(2)15-9-19(5-6-24-15)12-10-20-22-17(12)21-13-7-18(3,4)8-14(23)16(13)19/h11,15,21H,5-10H2,1-4H3/t15-,19+/m1/s1. The highest BCUT2D eigenvalue weighted by Crippen LogP contribution is 2.56. The highest BCUT2D eigenvalue weighted by molar-refractivity contribution is 6.00. The van der Waals surface area contributed by atoms with Crippen LogP contribution in [-0.2, 0) is 9.53 Å². The third kappa shape index (κ3) is 2.28. The molecule has 3 heterocycles. The fourth-order valence-corrected chi connectivity index (χ4v) is 4.89. The number of Topliss-reactive ketones (excluding diaryl/α,β-unsaturated/α-hetero) is 1. The zero-order chi connectivity index (χ0) is 17.1. The molecule has 1 saturated heterocycles. The predicted octanol–water partition coefficient (Wildman–Crippen LogP) is 3.73. The van der Waals surface area contributed by atoms with Crippen LogP contribution in [0.1, 0.15) is 53.4 Å². The Morgan fingerprint density at radius 1 is 1.29 bits per heavy atom. The van der Waals surface area contributed by atoms with Gasteiger partial charge in [0.05, 0.1) is 12.6 Å². The minimum Gasteiger partial charge on any atom is -0.378 e. The van der Waals surface area contributed by atoms with E-state index in [0.717, 1.165) is 36.4 Å². The number of hydrogen-bond donors (Lipinski definition) is 1. The first-order valence-electron chi connectivity index (χ1n) is 9.09. The van der Waals surface area contributed by atoms with Crippen LogP contribution in [0.2, 0.25) is 0 Å². The topological polar surface area (TPSA) is 63.1 Å². The number of nitrogens with zero attached hydrogens (tertiary/aromatic N) is 2. The lowest BCUT2D eigenvalue weighted by Crippen LogP contribution is -2.49. The maximum atomic E-state index is 13.2. The fourth-order valence-electron chi connectivity index (χ4n) is 4.89. The van der Waals surface area contributed by atoms with Gasteiger partial charge in [-0.2, -0.15) is 5.11 Å². The normalized spacial score (nSPS) is 34.7. The lowest BCUT2D eigenvalue weighted by Gasteiger charge is -2.49. The van der Waals surface area contributed by atoms with Gasteiger partial charge in [0.2, 0.25) is 0 Å². The summed E-state index contributed by atoms with van der Waals surface area (Å²) in [6, 6.07) is 0. The molecule has 4 aliphatic rings. The average Bonchev–Trinajstić information content (AvgIpc) is 2.94. The molecule has 130 valence electrons. The molecular formula is C19H27N3O2. The SMILES string of the molecule is CC(C)[C@H]1C[C@@]2(CCO1)C1=C(N=NC1)NC1=C2C(=O)CC(C)(C)C1. The molecule has 5 heteroatoms. The van der Waals surface area contributed by atoms with E-state index >= 15 is 0 Å². The number of ether oxygens (including phenoxy) is 1.